The Balaban J connectivity index is 1.54. The molecule has 0 aromatic carbocycles. The number of aliphatic hydroxyl groups excluding tert-OH is 1. The van der Waals surface area contributed by atoms with Crippen LogP contribution in [0.25, 0.3) is 0 Å². The highest BCUT2D eigenvalue weighted by Gasteiger charge is 2.53. The number of fused-ring (bicyclic) bond motifs is 1. The topological polar surface area (TPSA) is 205 Å². The third-order valence-electron chi connectivity index (χ3n) is 5.38. The van der Waals surface area contributed by atoms with Crippen molar-refractivity contribution in [3.05, 3.63) is 34.6 Å². The van der Waals surface area contributed by atoms with E-state index in [4.69, 9.17) is 16.3 Å². The average molecular weight is 523 g/mol. The first-order valence-corrected chi connectivity index (χ1v) is 12.2. The first-order valence-electron chi connectivity index (χ1n) is 10.2. The number of aliphatic carboxylic acids is 1. The van der Waals surface area contributed by atoms with Crippen molar-refractivity contribution in [1.82, 2.24) is 19.9 Å². The zero-order chi connectivity index (χ0) is 25.3. The number of carbonyl (C=O) groups is 3. The van der Waals surface area contributed by atoms with Gasteiger partial charge in [0.05, 0.1) is 24.3 Å². The Morgan fingerprint density at radius 1 is 1.46 bits per heavy atom. The molecule has 35 heavy (non-hydrogen) atoms. The lowest BCUT2D eigenvalue weighted by atomic mass is 10.0. The second-order valence-electron chi connectivity index (χ2n) is 7.48. The highest BCUT2D eigenvalue weighted by molar-refractivity contribution is 8.00. The number of hydrogen-bond acceptors (Lipinski definition) is 12. The van der Waals surface area contributed by atoms with E-state index in [0.29, 0.717) is 11.4 Å². The van der Waals surface area contributed by atoms with Gasteiger partial charge in [0.2, 0.25) is 0 Å². The maximum Gasteiger partial charge on any atom is 0.276 e. The predicted molar refractivity (Wildman–Crippen MR) is 123 cm³/mol. The van der Waals surface area contributed by atoms with Crippen LogP contribution in [-0.2, 0) is 32.3 Å². The van der Waals surface area contributed by atoms with E-state index in [9.17, 15) is 24.6 Å². The fraction of sp³-hybridized carbons (Fsp3) is 0.368. The van der Waals surface area contributed by atoms with E-state index in [1.165, 1.54) is 24.3 Å². The predicted octanol–water partition coefficient (Wildman–Crippen LogP) is -3.16. The third kappa shape index (κ3) is 4.54. The van der Waals surface area contributed by atoms with Crippen molar-refractivity contribution in [2.45, 2.75) is 24.5 Å². The Kier molecular flexibility index (Phi) is 6.95. The standard InChI is InChI=1S/C19H22N8O6S2/c1-33-24-12(10-8-35-19(21)22-10)15(29)23-13-16(30)27-14(18(31)32)9(7-34-17(13)27)6-25-3-2-11(20)26(25)4-5-28/h2-3,8,13,17,20,28H,4-7H2,1H3,(H4,21,22,23,29,31,32)/b24-12-. The molecule has 2 atom stereocenters. The summed E-state index contributed by atoms with van der Waals surface area (Å²) in [6.45, 7) is 0.183. The first kappa shape index (κ1) is 24.5. The molecule has 2 aromatic rings. The van der Waals surface area contributed by atoms with Gasteiger partial charge in [-0.3, -0.25) is 14.5 Å². The summed E-state index contributed by atoms with van der Waals surface area (Å²) in [7, 11) is 1.26. The Morgan fingerprint density at radius 2 is 2.23 bits per heavy atom. The van der Waals surface area contributed by atoms with Crippen molar-refractivity contribution in [3.63, 3.8) is 0 Å². The van der Waals surface area contributed by atoms with E-state index >= 15 is 0 Å². The van der Waals surface area contributed by atoms with Crippen LogP contribution in [0.5, 0.6) is 0 Å². The van der Waals surface area contributed by atoms with E-state index in [2.05, 4.69) is 15.5 Å². The van der Waals surface area contributed by atoms with Crippen LogP contribution in [0.4, 0.5) is 10.9 Å². The van der Waals surface area contributed by atoms with Crippen molar-refractivity contribution in [3.8, 4) is 0 Å². The second-order valence-corrected chi connectivity index (χ2v) is 9.47. The molecule has 2 amide bonds. The van der Waals surface area contributed by atoms with Gasteiger partial charge in [-0.2, -0.15) is 0 Å². The summed E-state index contributed by atoms with van der Waals surface area (Å²) in [5.74, 6) is -2.15. The number of nitrogens with zero attached hydrogens (tertiary/aromatic N) is 5. The number of thiazole rings is 1. The molecule has 6 N–H and O–H groups in total. The maximum atomic E-state index is 12.9. The summed E-state index contributed by atoms with van der Waals surface area (Å²) in [6.07, 6.45) is 1.66. The minimum absolute atomic E-state index is 0.122. The summed E-state index contributed by atoms with van der Waals surface area (Å²) in [5.41, 5.74) is 11.8. The highest BCUT2D eigenvalue weighted by Crippen LogP contribution is 2.40. The SMILES string of the molecule is CO/N=C(\C(=O)NC1C(=O)N2C(C(=O)[O-])=C(C[n+]3ccc(N)n3CCO)CSC12)c1csc(N)n1. The minimum Gasteiger partial charge on any atom is -0.543 e. The molecule has 16 heteroatoms. The lowest BCUT2D eigenvalue weighted by molar-refractivity contribution is -0.767. The monoisotopic (exact) mass is 522 g/mol. The fourth-order valence-corrected chi connectivity index (χ4v) is 5.74. The number of aliphatic hydroxyl groups is 1. The summed E-state index contributed by atoms with van der Waals surface area (Å²) in [5, 5.41) is 28.7. The number of amides is 2. The fourth-order valence-electron chi connectivity index (χ4n) is 3.86. The molecule has 0 aliphatic carbocycles. The number of rotatable bonds is 9. The Hall–Kier alpha value is -3.63. The quantitative estimate of drug-likeness (QED) is 0.113. The van der Waals surface area contributed by atoms with Crippen molar-refractivity contribution in [1.29, 1.82) is 0 Å². The van der Waals surface area contributed by atoms with Crippen LogP contribution in [0.1, 0.15) is 5.69 Å². The van der Waals surface area contributed by atoms with E-state index in [0.717, 1.165) is 16.2 Å². The number of carbonyl (C=O) groups excluding carboxylic acids is 3. The molecule has 4 heterocycles. The molecule has 0 saturated carbocycles. The number of carboxylic acid groups (broad SMARTS) is 1. The molecule has 2 aliphatic rings. The van der Waals surface area contributed by atoms with Crippen LogP contribution in [-0.4, -0.2) is 74.1 Å². The van der Waals surface area contributed by atoms with Gasteiger partial charge in [-0.05, 0) is 0 Å². The van der Waals surface area contributed by atoms with Gasteiger partial charge in [-0.25, -0.2) is 4.98 Å². The maximum absolute atomic E-state index is 12.9. The normalized spacial score (nSPS) is 19.9. The molecule has 186 valence electrons. The molecule has 1 fully saturated rings. The van der Waals surface area contributed by atoms with Crippen LogP contribution in [0, 0.1) is 0 Å². The molecule has 0 radical (unpaired) electrons. The average Bonchev–Trinajstić information content (AvgIpc) is 3.41. The number of nitrogens with one attached hydrogen (secondary N) is 1. The van der Waals surface area contributed by atoms with Gasteiger partial charge in [0, 0.05) is 16.7 Å². The molecule has 14 nitrogen and oxygen atoms in total. The lowest BCUT2D eigenvalue weighted by Crippen LogP contribution is -2.71. The van der Waals surface area contributed by atoms with Crippen LogP contribution in [0.2, 0.25) is 0 Å². The number of nitrogens with two attached hydrogens (primary N) is 2. The number of β-lactam (4-membered cyclic amide) rings is 1. The van der Waals surface area contributed by atoms with Gasteiger partial charge in [-0.1, -0.05) is 5.16 Å². The molecule has 0 bridgehead atoms. The second kappa shape index (κ2) is 9.93. The summed E-state index contributed by atoms with van der Waals surface area (Å²) in [6, 6.07) is 0.645. The number of aromatic nitrogens is 3. The Morgan fingerprint density at radius 3 is 2.86 bits per heavy atom. The van der Waals surface area contributed by atoms with Crippen LogP contribution >= 0.6 is 23.1 Å². The molecule has 2 aromatic heterocycles. The third-order valence-corrected chi connectivity index (χ3v) is 7.39. The van der Waals surface area contributed by atoms with Crippen molar-refractivity contribution in [2.75, 3.05) is 30.9 Å². The molecule has 0 spiro atoms. The van der Waals surface area contributed by atoms with E-state index in [1.54, 1.807) is 21.6 Å². The summed E-state index contributed by atoms with van der Waals surface area (Å²) >= 11 is 2.41. The zero-order valence-electron chi connectivity index (χ0n) is 18.4. The smallest absolute Gasteiger partial charge is 0.276 e. The van der Waals surface area contributed by atoms with Gasteiger partial charge in [0.25, 0.3) is 11.8 Å². The number of anilines is 2. The minimum atomic E-state index is -1.50. The molecule has 2 unspecified atom stereocenters. The summed E-state index contributed by atoms with van der Waals surface area (Å²) in [4.78, 5) is 47.6. The molecular weight excluding hydrogens is 500 g/mol. The lowest BCUT2D eigenvalue weighted by Gasteiger charge is -2.50. The highest BCUT2D eigenvalue weighted by atomic mass is 32.2. The van der Waals surface area contributed by atoms with Gasteiger partial charge < -0.3 is 36.6 Å². The van der Waals surface area contributed by atoms with Crippen molar-refractivity contribution < 1.29 is 34.1 Å². The molecular formula is C19H22N8O6S2. The van der Waals surface area contributed by atoms with E-state index in [-0.39, 0.29) is 47.7 Å². The molecule has 1 saturated heterocycles. The van der Waals surface area contributed by atoms with Gasteiger partial charge in [-0.15, -0.1) is 32.5 Å². The number of hydrogen-bond donors (Lipinski definition) is 4. The van der Waals surface area contributed by atoms with Crippen LogP contribution in [0.3, 0.4) is 0 Å². The number of oxime groups is 1. The van der Waals surface area contributed by atoms with Gasteiger partial charge >= 0.3 is 0 Å². The number of nitrogen functional groups attached to an aromatic ring is 2. The molecule has 4 rings (SSSR count). The van der Waals surface area contributed by atoms with E-state index < -0.39 is 29.2 Å². The first-order chi connectivity index (χ1) is 16.8. The largest absolute Gasteiger partial charge is 0.543 e. The molecule has 2 aliphatic heterocycles. The Bertz CT molecular complexity index is 1240. The van der Waals surface area contributed by atoms with Gasteiger partial charge in [0.15, 0.2) is 29.4 Å². The van der Waals surface area contributed by atoms with Crippen molar-refractivity contribution in [2.24, 2.45) is 5.16 Å². The number of carboxylic acids is 1. The summed E-state index contributed by atoms with van der Waals surface area (Å²) < 4.78 is 3.25. The van der Waals surface area contributed by atoms with Crippen LogP contribution in [0.15, 0.2) is 34.1 Å². The van der Waals surface area contributed by atoms with E-state index in [1.807, 2.05) is 0 Å². The van der Waals surface area contributed by atoms with Gasteiger partial charge in [0.1, 0.15) is 30.8 Å². The Labute approximate surface area is 206 Å². The van der Waals surface area contributed by atoms with Crippen LogP contribution < -0.4 is 26.6 Å². The van der Waals surface area contributed by atoms with Crippen molar-refractivity contribution >= 4 is 57.5 Å². The zero-order valence-corrected chi connectivity index (χ0v) is 20.0. The number of thioether (sulfide) groups is 1.